The van der Waals surface area contributed by atoms with Crippen LogP contribution in [0.1, 0.15) is 27.0 Å². The molecule has 0 heterocycles. The van der Waals surface area contributed by atoms with Gasteiger partial charge in [0.15, 0.2) is 5.84 Å². The lowest BCUT2D eigenvalue weighted by Gasteiger charge is -2.11. The van der Waals surface area contributed by atoms with Gasteiger partial charge in [0, 0.05) is 11.1 Å². The van der Waals surface area contributed by atoms with Crippen molar-refractivity contribution in [3.05, 3.63) is 64.7 Å². The number of amidine groups is 1. The van der Waals surface area contributed by atoms with Crippen molar-refractivity contribution in [2.75, 3.05) is 5.32 Å². The number of carbonyl (C=O) groups is 1. The average molecular weight is 283 g/mol. The molecule has 0 bridgehead atoms. The summed E-state index contributed by atoms with van der Waals surface area (Å²) in [5, 5.41) is 14.6. The molecule has 21 heavy (non-hydrogen) atoms. The highest BCUT2D eigenvalue weighted by Crippen LogP contribution is 2.18. The summed E-state index contributed by atoms with van der Waals surface area (Å²) in [5.74, 6) is -0.277. The number of nitrogens with zero attached hydrogens (tertiary/aromatic N) is 1. The topological polar surface area (TPSA) is 87.7 Å². The van der Waals surface area contributed by atoms with Gasteiger partial charge in [-0.2, -0.15) is 0 Å². The summed E-state index contributed by atoms with van der Waals surface area (Å²) in [6.45, 7) is 3.81. The van der Waals surface area contributed by atoms with Crippen molar-refractivity contribution >= 4 is 17.4 Å². The van der Waals surface area contributed by atoms with Gasteiger partial charge in [-0.15, -0.1) is 0 Å². The molecule has 4 N–H and O–H groups in total. The molecule has 0 unspecified atom stereocenters. The third-order valence-electron chi connectivity index (χ3n) is 3.20. The molecule has 0 saturated heterocycles. The standard InChI is InChI=1S/C16H17N3O2/c1-10-7-8-11(2)13(9-10)16(20)18-14-6-4-3-5-12(14)15(17)19-21/h3-9,21H,1-2H3,(H2,17,19)(H,18,20). The molecule has 0 atom stereocenters. The maximum absolute atomic E-state index is 12.4. The highest BCUT2D eigenvalue weighted by atomic mass is 16.4. The third kappa shape index (κ3) is 3.20. The number of oxime groups is 1. The molecule has 5 nitrogen and oxygen atoms in total. The van der Waals surface area contributed by atoms with Crippen LogP contribution in [-0.4, -0.2) is 17.0 Å². The minimum Gasteiger partial charge on any atom is -0.409 e. The van der Waals surface area contributed by atoms with Gasteiger partial charge in [-0.1, -0.05) is 35.0 Å². The van der Waals surface area contributed by atoms with Gasteiger partial charge in [-0.25, -0.2) is 0 Å². The summed E-state index contributed by atoms with van der Waals surface area (Å²) in [4.78, 5) is 12.4. The minimum atomic E-state index is -0.227. The number of carbonyl (C=O) groups excluding carboxylic acids is 1. The van der Waals surface area contributed by atoms with Gasteiger partial charge in [-0.3, -0.25) is 4.79 Å². The number of benzene rings is 2. The van der Waals surface area contributed by atoms with E-state index in [9.17, 15) is 4.79 Å². The summed E-state index contributed by atoms with van der Waals surface area (Å²) in [6, 6.07) is 12.6. The Morgan fingerprint density at radius 1 is 1.14 bits per heavy atom. The quantitative estimate of drug-likeness (QED) is 0.350. The van der Waals surface area contributed by atoms with E-state index in [1.807, 2.05) is 32.0 Å². The second-order valence-electron chi connectivity index (χ2n) is 4.80. The van der Waals surface area contributed by atoms with Crippen molar-refractivity contribution in [1.82, 2.24) is 0 Å². The molecule has 0 saturated carbocycles. The zero-order valence-electron chi connectivity index (χ0n) is 11.9. The lowest BCUT2D eigenvalue weighted by atomic mass is 10.0. The minimum absolute atomic E-state index is 0.0492. The van der Waals surface area contributed by atoms with Crippen molar-refractivity contribution in [3.63, 3.8) is 0 Å². The summed E-state index contributed by atoms with van der Waals surface area (Å²) in [7, 11) is 0. The number of nitrogens with two attached hydrogens (primary N) is 1. The second kappa shape index (κ2) is 6.09. The fourth-order valence-corrected chi connectivity index (χ4v) is 2.04. The van der Waals surface area contributed by atoms with Gasteiger partial charge < -0.3 is 16.3 Å². The summed E-state index contributed by atoms with van der Waals surface area (Å²) in [6.07, 6.45) is 0. The first-order valence-corrected chi connectivity index (χ1v) is 6.48. The second-order valence-corrected chi connectivity index (χ2v) is 4.80. The Balaban J connectivity index is 2.34. The summed E-state index contributed by atoms with van der Waals surface area (Å²) >= 11 is 0. The molecule has 2 aromatic rings. The molecule has 2 aromatic carbocycles. The Hall–Kier alpha value is -2.82. The van der Waals surface area contributed by atoms with E-state index in [0.717, 1.165) is 11.1 Å². The van der Waals surface area contributed by atoms with Crippen LogP contribution in [0.15, 0.2) is 47.6 Å². The first-order chi connectivity index (χ1) is 10.0. The molecule has 0 aliphatic heterocycles. The van der Waals surface area contributed by atoms with E-state index in [0.29, 0.717) is 16.8 Å². The van der Waals surface area contributed by atoms with Crippen LogP contribution in [0.3, 0.4) is 0 Å². The van der Waals surface area contributed by atoms with Gasteiger partial charge in [-0.05, 0) is 37.6 Å². The number of rotatable bonds is 3. The number of amides is 1. The van der Waals surface area contributed by atoms with Crippen LogP contribution in [0.5, 0.6) is 0 Å². The van der Waals surface area contributed by atoms with E-state index in [1.54, 1.807) is 24.3 Å². The number of hydrogen-bond donors (Lipinski definition) is 3. The molecule has 5 heteroatoms. The van der Waals surface area contributed by atoms with Gasteiger partial charge in [0.05, 0.1) is 5.69 Å². The largest absolute Gasteiger partial charge is 0.409 e. The molecule has 0 fully saturated rings. The molecule has 0 aliphatic carbocycles. The van der Waals surface area contributed by atoms with Crippen LogP contribution < -0.4 is 11.1 Å². The maximum atomic E-state index is 12.4. The first-order valence-electron chi connectivity index (χ1n) is 6.48. The zero-order valence-corrected chi connectivity index (χ0v) is 11.9. The van der Waals surface area contributed by atoms with Crippen LogP contribution in [0.25, 0.3) is 0 Å². The van der Waals surface area contributed by atoms with Crippen molar-refractivity contribution in [3.8, 4) is 0 Å². The van der Waals surface area contributed by atoms with Crippen LogP contribution in [-0.2, 0) is 0 Å². The smallest absolute Gasteiger partial charge is 0.255 e. The molecule has 2 rings (SSSR count). The maximum Gasteiger partial charge on any atom is 0.255 e. The molecule has 0 spiro atoms. The van der Waals surface area contributed by atoms with E-state index >= 15 is 0 Å². The monoisotopic (exact) mass is 283 g/mol. The third-order valence-corrected chi connectivity index (χ3v) is 3.20. The predicted octanol–water partition coefficient (Wildman–Crippen LogP) is 2.65. The lowest BCUT2D eigenvalue weighted by Crippen LogP contribution is -2.19. The molecule has 0 aliphatic rings. The van der Waals surface area contributed by atoms with Crippen LogP contribution >= 0.6 is 0 Å². The molecule has 1 amide bonds. The Kier molecular flexibility index (Phi) is 4.23. The number of aryl methyl sites for hydroxylation is 2. The number of para-hydroxylation sites is 1. The number of anilines is 1. The highest BCUT2D eigenvalue weighted by molar-refractivity contribution is 6.10. The number of hydrogen-bond acceptors (Lipinski definition) is 3. The van der Waals surface area contributed by atoms with Gasteiger partial charge in [0.25, 0.3) is 5.91 Å². The average Bonchev–Trinajstić information content (AvgIpc) is 2.49. The van der Waals surface area contributed by atoms with E-state index in [1.165, 1.54) is 0 Å². The Labute approximate surface area is 123 Å². The first kappa shape index (κ1) is 14.6. The fourth-order valence-electron chi connectivity index (χ4n) is 2.04. The normalized spacial score (nSPS) is 11.2. The number of nitrogens with one attached hydrogen (secondary N) is 1. The van der Waals surface area contributed by atoms with Gasteiger partial charge >= 0.3 is 0 Å². The molecular weight excluding hydrogens is 266 g/mol. The summed E-state index contributed by atoms with van der Waals surface area (Å²) in [5.41, 5.74) is 9.08. The highest BCUT2D eigenvalue weighted by Gasteiger charge is 2.13. The Bertz CT molecular complexity index is 708. The Morgan fingerprint density at radius 3 is 2.57 bits per heavy atom. The summed E-state index contributed by atoms with van der Waals surface area (Å²) < 4.78 is 0. The SMILES string of the molecule is Cc1ccc(C)c(C(=O)Nc2ccccc2/C(N)=N/O)c1. The van der Waals surface area contributed by atoms with E-state index in [2.05, 4.69) is 10.5 Å². The van der Waals surface area contributed by atoms with Crippen LogP contribution in [0.2, 0.25) is 0 Å². The zero-order chi connectivity index (χ0) is 15.4. The van der Waals surface area contributed by atoms with Crippen molar-refractivity contribution in [2.24, 2.45) is 10.9 Å². The predicted molar refractivity (Wildman–Crippen MR) is 82.8 cm³/mol. The van der Waals surface area contributed by atoms with E-state index in [-0.39, 0.29) is 11.7 Å². The molecule has 0 aromatic heterocycles. The fraction of sp³-hybridized carbons (Fsp3) is 0.125. The molecular formula is C16H17N3O2. The molecule has 108 valence electrons. The van der Waals surface area contributed by atoms with E-state index < -0.39 is 0 Å². The van der Waals surface area contributed by atoms with Gasteiger partial charge in [0.1, 0.15) is 0 Å². The van der Waals surface area contributed by atoms with E-state index in [4.69, 9.17) is 10.9 Å². The van der Waals surface area contributed by atoms with Crippen molar-refractivity contribution in [2.45, 2.75) is 13.8 Å². The van der Waals surface area contributed by atoms with Crippen LogP contribution in [0.4, 0.5) is 5.69 Å². The van der Waals surface area contributed by atoms with Crippen LogP contribution in [0, 0.1) is 13.8 Å². The van der Waals surface area contributed by atoms with Gasteiger partial charge in [0.2, 0.25) is 0 Å². The van der Waals surface area contributed by atoms with Crippen molar-refractivity contribution < 1.29 is 10.0 Å². The van der Waals surface area contributed by atoms with Crippen molar-refractivity contribution in [1.29, 1.82) is 0 Å². The Morgan fingerprint density at radius 2 is 1.86 bits per heavy atom. The molecule has 0 radical (unpaired) electrons. The lowest BCUT2D eigenvalue weighted by molar-refractivity contribution is 0.102.